The van der Waals surface area contributed by atoms with Gasteiger partial charge in [-0.05, 0) is 26.7 Å². The predicted molar refractivity (Wildman–Crippen MR) is 77.9 cm³/mol. The third-order valence-corrected chi connectivity index (χ3v) is 4.50. The number of aryl methyl sites for hydroxylation is 2. The van der Waals surface area contributed by atoms with E-state index in [2.05, 4.69) is 15.4 Å². The molecule has 0 atom stereocenters. The highest BCUT2D eigenvalue weighted by molar-refractivity contribution is 7.09. The summed E-state index contributed by atoms with van der Waals surface area (Å²) < 4.78 is 1.78. The van der Waals surface area contributed by atoms with Gasteiger partial charge < -0.3 is 5.32 Å². The fraction of sp³-hybridized carbons (Fsp3) is 0.500. The third-order valence-electron chi connectivity index (χ3n) is 3.44. The number of nitrogens with one attached hydrogen (secondary N) is 1. The largest absolute Gasteiger partial charge is 0.346 e. The molecule has 2 aromatic heterocycles. The molecule has 20 heavy (non-hydrogen) atoms. The molecule has 0 saturated heterocycles. The van der Waals surface area contributed by atoms with E-state index in [4.69, 9.17) is 0 Å². The second-order valence-electron chi connectivity index (χ2n) is 5.12. The van der Waals surface area contributed by atoms with Gasteiger partial charge in [0.15, 0.2) is 0 Å². The second-order valence-corrected chi connectivity index (χ2v) is 6.01. The minimum atomic E-state index is -0.0804. The van der Waals surface area contributed by atoms with Gasteiger partial charge in [0.25, 0.3) is 5.91 Å². The maximum atomic E-state index is 12.1. The van der Waals surface area contributed by atoms with Crippen molar-refractivity contribution in [3.63, 3.8) is 0 Å². The van der Waals surface area contributed by atoms with Crippen molar-refractivity contribution in [3.8, 4) is 0 Å². The Morgan fingerprint density at radius 1 is 1.55 bits per heavy atom. The number of hydrogen-bond acceptors (Lipinski definition) is 4. The molecule has 0 radical (unpaired) electrons. The van der Waals surface area contributed by atoms with E-state index in [1.54, 1.807) is 22.2 Å². The predicted octanol–water partition coefficient (Wildman–Crippen LogP) is 2.48. The third kappa shape index (κ3) is 2.75. The van der Waals surface area contributed by atoms with Gasteiger partial charge in [0, 0.05) is 24.0 Å². The molecule has 0 unspecified atom stereocenters. The van der Waals surface area contributed by atoms with E-state index in [-0.39, 0.29) is 5.91 Å². The van der Waals surface area contributed by atoms with Crippen molar-refractivity contribution in [2.75, 3.05) is 0 Å². The molecule has 0 spiro atoms. The summed E-state index contributed by atoms with van der Waals surface area (Å²) in [5.41, 5.74) is 2.36. The van der Waals surface area contributed by atoms with Gasteiger partial charge in [-0.1, -0.05) is 0 Å². The average molecular weight is 290 g/mol. The van der Waals surface area contributed by atoms with Gasteiger partial charge in [-0.15, -0.1) is 11.3 Å². The summed E-state index contributed by atoms with van der Waals surface area (Å²) in [6, 6.07) is 0. The van der Waals surface area contributed by atoms with Gasteiger partial charge in [-0.3, -0.25) is 9.48 Å². The van der Waals surface area contributed by atoms with Crippen molar-refractivity contribution >= 4 is 17.2 Å². The zero-order valence-electron chi connectivity index (χ0n) is 11.7. The number of thiazole rings is 1. The first-order valence-corrected chi connectivity index (χ1v) is 7.82. The molecule has 6 heteroatoms. The quantitative estimate of drug-likeness (QED) is 0.920. The van der Waals surface area contributed by atoms with Crippen molar-refractivity contribution in [2.24, 2.45) is 0 Å². The fourth-order valence-corrected chi connectivity index (χ4v) is 3.08. The Morgan fingerprint density at radius 3 is 3.00 bits per heavy atom. The number of aromatic nitrogens is 3. The van der Waals surface area contributed by atoms with E-state index in [9.17, 15) is 4.79 Å². The van der Waals surface area contributed by atoms with Gasteiger partial charge >= 0.3 is 0 Å². The molecule has 0 aliphatic heterocycles. The minimum Gasteiger partial charge on any atom is -0.346 e. The average Bonchev–Trinajstić information content (AvgIpc) is 3.07. The first-order chi connectivity index (χ1) is 9.67. The summed E-state index contributed by atoms with van der Waals surface area (Å²) >= 11 is 1.70. The van der Waals surface area contributed by atoms with Gasteiger partial charge in [-0.25, -0.2) is 4.98 Å². The molecule has 1 saturated carbocycles. The molecule has 1 amide bonds. The number of amides is 1. The van der Waals surface area contributed by atoms with Crippen LogP contribution in [0.5, 0.6) is 0 Å². The number of nitrogens with zero attached hydrogens (tertiary/aromatic N) is 3. The smallest absolute Gasteiger partial charge is 0.255 e. The van der Waals surface area contributed by atoms with Crippen molar-refractivity contribution in [2.45, 2.75) is 45.7 Å². The first kappa shape index (κ1) is 13.3. The van der Waals surface area contributed by atoms with Crippen LogP contribution in [0.15, 0.2) is 11.6 Å². The Morgan fingerprint density at radius 2 is 2.35 bits per heavy atom. The molecule has 0 aromatic carbocycles. The first-order valence-electron chi connectivity index (χ1n) is 6.94. The van der Waals surface area contributed by atoms with Crippen LogP contribution in [0.3, 0.4) is 0 Å². The molecule has 0 bridgehead atoms. The number of carbonyl (C=O) groups excluding carboxylic acids is 1. The molecule has 2 aromatic rings. The van der Waals surface area contributed by atoms with Gasteiger partial charge in [0.05, 0.1) is 28.5 Å². The number of hydrogen-bond donors (Lipinski definition) is 1. The molecular weight excluding hydrogens is 272 g/mol. The van der Waals surface area contributed by atoms with Crippen LogP contribution in [0.2, 0.25) is 0 Å². The van der Waals surface area contributed by atoms with Gasteiger partial charge in [-0.2, -0.15) is 5.10 Å². The second kappa shape index (κ2) is 5.36. The van der Waals surface area contributed by atoms with E-state index in [1.807, 2.05) is 19.2 Å². The Labute approximate surface area is 122 Å². The Bertz CT molecular complexity index is 627. The molecular formula is C14H18N4OS. The fourth-order valence-electron chi connectivity index (χ4n) is 2.09. The standard InChI is InChI=1S/C14H18N4OS/c1-3-18-7-12(9(2)17-18)13(19)15-6-11-8-20-14(16-11)10-4-5-10/h7-8,10H,3-6H2,1-2H3,(H,15,19). The highest BCUT2D eigenvalue weighted by Crippen LogP contribution is 2.41. The van der Waals surface area contributed by atoms with E-state index >= 15 is 0 Å². The summed E-state index contributed by atoms with van der Waals surface area (Å²) in [6.07, 6.45) is 4.31. The lowest BCUT2D eigenvalue weighted by Gasteiger charge is -2.01. The molecule has 106 valence electrons. The summed E-state index contributed by atoms with van der Waals surface area (Å²) in [4.78, 5) is 16.7. The number of rotatable bonds is 5. The van der Waals surface area contributed by atoms with Crippen molar-refractivity contribution < 1.29 is 4.79 Å². The van der Waals surface area contributed by atoms with Crippen LogP contribution in [-0.4, -0.2) is 20.7 Å². The summed E-state index contributed by atoms with van der Waals surface area (Å²) in [5.74, 6) is 0.595. The summed E-state index contributed by atoms with van der Waals surface area (Å²) in [7, 11) is 0. The maximum absolute atomic E-state index is 12.1. The highest BCUT2D eigenvalue weighted by Gasteiger charge is 2.26. The van der Waals surface area contributed by atoms with Crippen LogP contribution >= 0.6 is 11.3 Å². The molecule has 1 aliphatic carbocycles. The molecule has 1 fully saturated rings. The van der Waals surface area contributed by atoms with E-state index < -0.39 is 0 Å². The van der Waals surface area contributed by atoms with Crippen LogP contribution in [0.1, 0.15) is 52.4 Å². The van der Waals surface area contributed by atoms with Gasteiger partial charge in [0.2, 0.25) is 0 Å². The molecule has 1 aliphatic rings. The molecule has 1 N–H and O–H groups in total. The van der Waals surface area contributed by atoms with Crippen LogP contribution in [0.25, 0.3) is 0 Å². The SMILES string of the molecule is CCn1cc(C(=O)NCc2csc(C3CC3)n2)c(C)n1. The van der Waals surface area contributed by atoms with E-state index in [1.165, 1.54) is 17.8 Å². The Balaban J connectivity index is 1.61. The molecule has 5 nitrogen and oxygen atoms in total. The Hall–Kier alpha value is -1.69. The highest BCUT2D eigenvalue weighted by atomic mass is 32.1. The lowest BCUT2D eigenvalue weighted by Crippen LogP contribution is -2.23. The maximum Gasteiger partial charge on any atom is 0.255 e. The summed E-state index contributed by atoms with van der Waals surface area (Å²) in [5, 5.41) is 10.5. The van der Waals surface area contributed by atoms with Gasteiger partial charge in [0.1, 0.15) is 0 Å². The normalized spacial score (nSPS) is 14.5. The monoisotopic (exact) mass is 290 g/mol. The molecule has 3 rings (SSSR count). The van der Waals surface area contributed by atoms with E-state index in [0.29, 0.717) is 18.0 Å². The zero-order valence-corrected chi connectivity index (χ0v) is 12.5. The van der Waals surface area contributed by atoms with Crippen LogP contribution in [0, 0.1) is 6.92 Å². The Kier molecular flexibility index (Phi) is 3.56. The van der Waals surface area contributed by atoms with Crippen LogP contribution in [-0.2, 0) is 13.1 Å². The zero-order chi connectivity index (χ0) is 14.1. The lowest BCUT2D eigenvalue weighted by atomic mass is 10.2. The lowest BCUT2D eigenvalue weighted by molar-refractivity contribution is 0.0950. The van der Waals surface area contributed by atoms with Crippen LogP contribution in [0.4, 0.5) is 0 Å². The number of carbonyl (C=O) groups is 1. The topological polar surface area (TPSA) is 59.8 Å². The van der Waals surface area contributed by atoms with Crippen molar-refractivity contribution in [1.82, 2.24) is 20.1 Å². The van der Waals surface area contributed by atoms with Crippen molar-refractivity contribution in [1.29, 1.82) is 0 Å². The minimum absolute atomic E-state index is 0.0804. The van der Waals surface area contributed by atoms with E-state index in [0.717, 1.165) is 17.9 Å². The summed E-state index contributed by atoms with van der Waals surface area (Å²) in [6.45, 7) is 5.11. The van der Waals surface area contributed by atoms with Crippen molar-refractivity contribution in [3.05, 3.63) is 33.5 Å². The molecule has 2 heterocycles. The van der Waals surface area contributed by atoms with Crippen LogP contribution < -0.4 is 5.32 Å².